The molecule has 1 aromatic carbocycles. The molecule has 2 aliphatic rings. The molecular weight excluding hydrogens is 388 g/mol. The minimum absolute atomic E-state index is 0.00138. The monoisotopic (exact) mass is 414 g/mol. The van der Waals surface area contributed by atoms with Crippen LogP contribution in [0.25, 0.3) is 0 Å². The predicted molar refractivity (Wildman–Crippen MR) is 113 cm³/mol. The highest BCUT2D eigenvalue weighted by molar-refractivity contribution is 7.14. The quantitative estimate of drug-likeness (QED) is 0.809. The second-order valence-electron chi connectivity index (χ2n) is 7.56. The number of benzene rings is 1. The van der Waals surface area contributed by atoms with Crippen LogP contribution >= 0.6 is 11.3 Å². The van der Waals surface area contributed by atoms with Crippen molar-refractivity contribution in [3.8, 4) is 11.5 Å². The maximum absolute atomic E-state index is 12.8. The zero-order valence-electron chi connectivity index (χ0n) is 16.8. The number of fused-ring (bicyclic) bond motifs is 1. The van der Waals surface area contributed by atoms with Gasteiger partial charge in [0.25, 0.3) is 5.91 Å². The van der Waals surface area contributed by atoms with Gasteiger partial charge in [0.15, 0.2) is 11.5 Å². The van der Waals surface area contributed by atoms with E-state index in [2.05, 4.69) is 5.32 Å². The summed E-state index contributed by atoms with van der Waals surface area (Å²) in [6, 6.07) is 7.37. The maximum Gasteiger partial charge on any atom is 0.263 e. The average molecular weight is 415 g/mol. The number of rotatable bonds is 5. The fourth-order valence-corrected chi connectivity index (χ4v) is 5.26. The zero-order valence-corrected chi connectivity index (χ0v) is 17.6. The van der Waals surface area contributed by atoms with Crippen LogP contribution in [0.5, 0.6) is 11.5 Å². The number of carbonyl (C=O) groups is 2. The van der Waals surface area contributed by atoms with Gasteiger partial charge in [-0.25, -0.2) is 0 Å². The molecule has 2 amide bonds. The molecule has 1 aliphatic heterocycles. The van der Waals surface area contributed by atoms with Crippen molar-refractivity contribution < 1.29 is 19.1 Å². The van der Waals surface area contributed by atoms with Crippen molar-refractivity contribution in [3.63, 3.8) is 0 Å². The molecule has 1 aromatic heterocycles. The van der Waals surface area contributed by atoms with E-state index >= 15 is 0 Å². The smallest absolute Gasteiger partial charge is 0.263 e. The van der Waals surface area contributed by atoms with E-state index in [9.17, 15) is 9.59 Å². The normalized spacial score (nSPS) is 18.3. The summed E-state index contributed by atoms with van der Waals surface area (Å²) in [5.74, 6) is 1.26. The lowest BCUT2D eigenvalue weighted by Crippen LogP contribution is -2.27. The largest absolute Gasteiger partial charge is 0.493 e. The summed E-state index contributed by atoms with van der Waals surface area (Å²) in [6.45, 7) is 1.72. The van der Waals surface area contributed by atoms with Crippen LogP contribution in [0.2, 0.25) is 0 Å². The number of nitrogens with zero attached hydrogens (tertiary/aromatic N) is 1. The number of carbonyl (C=O) groups excluding carboxylic acids is 2. The van der Waals surface area contributed by atoms with Gasteiger partial charge in [-0.15, -0.1) is 11.3 Å². The zero-order chi connectivity index (χ0) is 20.4. The fraction of sp³-hybridized carbons (Fsp3) is 0.455. The van der Waals surface area contributed by atoms with E-state index in [-0.39, 0.29) is 17.7 Å². The van der Waals surface area contributed by atoms with Gasteiger partial charge in [-0.05, 0) is 55.9 Å². The molecule has 4 rings (SSSR count). The van der Waals surface area contributed by atoms with Crippen LogP contribution in [-0.2, 0) is 17.6 Å². The number of hydrogen-bond donors (Lipinski definition) is 1. The molecule has 0 spiro atoms. The predicted octanol–water partition coefficient (Wildman–Crippen LogP) is 3.74. The molecule has 2 aromatic rings. The molecule has 2 heterocycles. The van der Waals surface area contributed by atoms with Crippen molar-refractivity contribution in [3.05, 3.63) is 39.6 Å². The molecule has 6 nitrogen and oxygen atoms in total. The van der Waals surface area contributed by atoms with E-state index in [0.29, 0.717) is 23.6 Å². The first-order valence-corrected chi connectivity index (χ1v) is 10.8. The number of aryl methyl sites for hydroxylation is 1. The van der Waals surface area contributed by atoms with E-state index in [1.807, 2.05) is 17.0 Å². The van der Waals surface area contributed by atoms with E-state index in [1.165, 1.54) is 4.88 Å². The van der Waals surface area contributed by atoms with Crippen molar-refractivity contribution in [2.24, 2.45) is 5.92 Å². The van der Waals surface area contributed by atoms with Gasteiger partial charge in [0.1, 0.15) is 0 Å². The Hall–Kier alpha value is -2.54. The molecule has 1 atom stereocenters. The number of amides is 2. The average Bonchev–Trinajstić information content (AvgIpc) is 3.42. The highest BCUT2D eigenvalue weighted by Gasteiger charge is 2.29. The highest BCUT2D eigenvalue weighted by atomic mass is 32.1. The molecular formula is C22H26N2O4S. The van der Waals surface area contributed by atoms with Crippen LogP contribution in [0, 0.1) is 5.92 Å². The summed E-state index contributed by atoms with van der Waals surface area (Å²) in [4.78, 5) is 29.5. The van der Waals surface area contributed by atoms with Crippen molar-refractivity contribution >= 4 is 28.8 Å². The number of hydrogen-bond acceptors (Lipinski definition) is 5. The molecule has 154 valence electrons. The van der Waals surface area contributed by atoms with Gasteiger partial charge in [0.2, 0.25) is 5.91 Å². The lowest BCUT2D eigenvalue weighted by molar-refractivity contribution is -0.120. The number of anilines is 1. The summed E-state index contributed by atoms with van der Waals surface area (Å²) in [5, 5.41) is 3.00. The number of ether oxygens (including phenoxy) is 2. The summed E-state index contributed by atoms with van der Waals surface area (Å²) >= 11 is 1.60. The van der Waals surface area contributed by atoms with Gasteiger partial charge in [-0.2, -0.15) is 0 Å². The number of nitrogens with one attached hydrogen (secondary N) is 1. The van der Waals surface area contributed by atoms with Crippen molar-refractivity contribution in [2.75, 3.05) is 32.6 Å². The Balaban J connectivity index is 1.43. The summed E-state index contributed by atoms with van der Waals surface area (Å²) in [6.07, 6.45) is 4.50. The van der Waals surface area contributed by atoms with Crippen molar-refractivity contribution in [1.82, 2.24) is 4.90 Å². The van der Waals surface area contributed by atoms with Gasteiger partial charge >= 0.3 is 0 Å². The van der Waals surface area contributed by atoms with E-state index in [4.69, 9.17) is 9.47 Å². The van der Waals surface area contributed by atoms with Crippen LogP contribution in [0.3, 0.4) is 0 Å². The first kappa shape index (κ1) is 19.8. The molecule has 0 radical (unpaired) electrons. The Kier molecular flexibility index (Phi) is 5.76. The van der Waals surface area contributed by atoms with Gasteiger partial charge in [-0.1, -0.05) is 0 Å². The topological polar surface area (TPSA) is 67.9 Å². The van der Waals surface area contributed by atoms with Crippen LogP contribution in [-0.4, -0.2) is 44.0 Å². The third-order valence-electron chi connectivity index (χ3n) is 5.71. The van der Waals surface area contributed by atoms with Gasteiger partial charge in [-0.3, -0.25) is 9.59 Å². The third kappa shape index (κ3) is 4.10. The molecule has 0 saturated carbocycles. The molecule has 1 saturated heterocycles. The summed E-state index contributed by atoms with van der Waals surface area (Å²) in [7, 11) is 3.16. The van der Waals surface area contributed by atoms with E-state index in [1.54, 1.807) is 37.7 Å². The lowest BCUT2D eigenvalue weighted by Gasteiger charge is -2.21. The second kappa shape index (κ2) is 8.45. The first-order chi connectivity index (χ1) is 14.1. The SMILES string of the molecule is COc1ccc(NC(=O)[C@@H]2CCc3sc(C(=O)N4CCCC4)cc3C2)cc1OC. The Morgan fingerprint density at radius 2 is 1.86 bits per heavy atom. The van der Waals surface area contributed by atoms with Crippen LogP contribution in [0.15, 0.2) is 24.3 Å². The van der Waals surface area contributed by atoms with E-state index in [0.717, 1.165) is 49.2 Å². The fourth-order valence-electron chi connectivity index (χ4n) is 4.09. The number of likely N-dealkylation sites (tertiary alicyclic amines) is 1. The van der Waals surface area contributed by atoms with Gasteiger partial charge in [0.05, 0.1) is 19.1 Å². The first-order valence-electron chi connectivity index (χ1n) is 10.0. The molecule has 1 fully saturated rings. The van der Waals surface area contributed by atoms with E-state index < -0.39 is 0 Å². The third-order valence-corrected chi connectivity index (χ3v) is 6.93. The molecule has 29 heavy (non-hydrogen) atoms. The molecule has 1 N–H and O–H groups in total. The summed E-state index contributed by atoms with van der Waals surface area (Å²) < 4.78 is 10.5. The van der Waals surface area contributed by atoms with Crippen LogP contribution in [0.4, 0.5) is 5.69 Å². The molecule has 0 unspecified atom stereocenters. The molecule has 7 heteroatoms. The summed E-state index contributed by atoms with van der Waals surface area (Å²) in [5.41, 5.74) is 1.84. The minimum atomic E-state index is -0.0973. The van der Waals surface area contributed by atoms with Crippen LogP contribution in [0.1, 0.15) is 39.4 Å². The number of methoxy groups -OCH3 is 2. The molecule has 0 bridgehead atoms. The Labute approximate surface area is 174 Å². The standard InChI is InChI=1S/C22H26N2O4S/c1-27-17-7-6-16(13-18(17)28-2)23-21(25)14-5-8-19-15(11-14)12-20(29-19)22(26)24-9-3-4-10-24/h6-7,12-14H,3-5,8-11H2,1-2H3,(H,23,25)/t14-/m1/s1. The minimum Gasteiger partial charge on any atom is -0.493 e. The Bertz CT molecular complexity index is 918. The van der Waals surface area contributed by atoms with Gasteiger partial charge in [0, 0.05) is 35.6 Å². The van der Waals surface area contributed by atoms with Gasteiger partial charge < -0.3 is 19.7 Å². The van der Waals surface area contributed by atoms with Crippen molar-refractivity contribution in [1.29, 1.82) is 0 Å². The maximum atomic E-state index is 12.8. The van der Waals surface area contributed by atoms with Crippen LogP contribution < -0.4 is 14.8 Å². The Morgan fingerprint density at radius 1 is 1.10 bits per heavy atom. The highest BCUT2D eigenvalue weighted by Crippen LogP contribution is 2.35. The second-order valence-corrected chi connectivity index (χ2v) is 8.69. The lowest BCUT2D eigenvalue weighted by atomic mass is 9.87. The number of thiophene rings is 1. The Morgan fingerprint density at radius 3 is 2.59 bits per heavy atom. The van der Waals surface area contributed by atoms with Crippen molar-refractivity contribution in [2.45, 2.75) is 32.1 Å². The molecule has 1 aliphatic carbocycles.